The van der Waals surface area contributed by atoms with E-state index >= 15 is 0 Å². The summed E-state index contributed by atoms with van der Waals surface area (Å²) in [5.74, 6) is 0.371. The molecule has 0 fully saturated rings. The lowest BCUT2D eigenvalue weighted by Crippen LogP contribution is -2.34. The monoisotopic (exact) mass is 364 g/mol. The third-order valence-electron chi connectivity index (χ3n) is 3.04. The highest BCUT2D eigenvalue weighted by Gasteiger charge is 2.10. The predicted octanol–water partition coefficient (Wildman–Crippen LogP) is 4.81. The minimum Gasteiger partial charge on any atom is -0.496 e. The number of methoxy groups -OCH3 is 1. The van der Waals surface area contributed by atoms with Crippen LogP contribution in [0.4, 0.5) is 5.69 Å². The Kier molecular flexibility index (Phi) is 8.22. The van der Waals surface area contributed by atoms with Crippen molar-refractivity contribution >= 4 is 40.5 Å². The van der Waals surface area contributed by atoms with Crippen LogP contribution in [-0.4, -0.2) is 18.1 Å². The number of rotatable bonds is 3. The number of thiocarbonyl (C=S) groups is 1. The van der Waals surface area contributed by atoms with Crippen LogP contribution in [0.15, 0.2) is 42.5 Å². The molecule has 0 radical (unpaired) electrons. The molecule has 0 aliphatic heterocycles. The second kappa shape index (κ2) is 9.90. The molecule has 0 saturated carbocycles. The van der Waals surface area contributed by atoms with Gasteiger partial charge in [-0.25, -0.2) is 0 Å². The average Bonchev–Trinajstić information content (AvgIpc) is 2.60. The molecular formula is C18H21ClN2O2S. The van der Waals surface area contributed by atoms with Crippen LogP contribution in [-0.2, 0) is 0 Å². The number of amides is 1. The number of carbonyl (C=O) groups excluding carboxylic acids is 1. The van der Waals surface area contributed by atoms with E-state index in [-0.39, 0.29) is 11.0 Å². The van der Waals surface area contributed by atoms with Gasteiger partial charge in [-0.3, -0.25) is 10.1 Å². The van der Waals surface area contributed by atoms with Gasteiger partial charge in [0.25, 0.3) is 5.91 Å². The van der Waals surface area contributed by atoms with Gasteiger partial charge in [-0.2, -0.15) is 0 Å². The molecule has 6 heteroatoms. The molecule has 0 bridgehead atoms. The lowest BCUT2D eigenvalue weighted by Gasteiger charge is -2.13. The largest absolute Gasteiger partial charge is 0.496 e. The molecule has 0 aliphatic rings. The summed E-state index contributed by atoms with van der Waals surface area (Å²) in [5.41, 5.74) is 2.02. The predicted molar refractivity (Wildman–Crippen MR) is 104 cm³/mol. The van der Waals surface area contributed by atoms with E-state index < -0.39 is 0 Å². The molecule has 2 aromatic rings. The van der Waals surface area contributed by atoms with Gasteiger partial charge >= 0.3 is 0 Å². The van der Waals surface area contributed by atoms with E-state index in [9.17, 15) is 4.79 Å². The number of nitrogens with one attached hydrogen (secondary N) is 2. The molecular weight excluding hydrogens is 344 g/mol. The zero-order chi connectivity index (χ0) is 18.1. The Morgan fingerprint density at radius 3 is 2.38 bits per heavy atom. The average molecular weight is 365 g/mol. The van der Waals surface area contributed by atoms with E-state index in [2.05, 4.69) is 10.6 Å². The lowest BCUT2D eigenvalue weighted by atomic mass is 10.2. The van der Waals surface area contributed by atoms with Crippen LogP contribution in [0.5, 0.6) is 5.75 Å². The normalized spacial score (nSPS) is 9.38. The highest BCUT2D eigenvalue weighted by atomic mass is 35.5. The Morgan fingerprint density at radius 1 is 1.17 bits per heavy atom. The van der Waals surface area contributed by atoms with Crippen molar-refractivity contribution in [2.75, 3.05) is 12.4 Å². The van der Waals surface area contributed by atoms with E-state index in [4.69, 9.17) is 28.6 Å². The number of benzene rings is 2. The second-order valence-electron chi connectivity index (χ2n) is 4.56. The minimum atomic E-state index is -0.275. The molecule has 24 heavy (non-hydrogen) atoms. The third kappa shape index (κ3) is 5.51. The van der Waals surface area contributed by atoms with E-state index in [1.165, 1.54) is 0 Å². The Bertz CT molecular complexity index is 706. The molecule has 0 saturated heterocycles. The van der Waals surface area contributed by atoms with Crippen molar-refractivity contribution in [3.63, 3.8) is 0 Å². The van der Waals surface area contributed by atoms with E-state index in [1.807, 2.05) is 26.8 Å². The summed E-state index contributed by atoms with van der Waals surface area (Å²) in [6, 6.07) is 12.3. The van der Waals surface area contributed by atoms with E-state index in [0.29, 0.717) is 22.0 Å². The summed E-state index contributed by atoms with van der Waals surface area (Å²) >= 11 is 11.3. The first-order valence-corrected chi connectivity index (χ1v) is 8.31. The van der Waals surface area contributed by atoms with Gasteiger partial charge in [0.05, 0.1) is 7.11 Å². The second-order valence-corrected chi connectivity index (χ2v) is 5.38. The number of anilines is 1. The zero-order valence-electron chi connectivity index (χ0n) is 14.1. The quantitative estimate of drug-likeness (QED) is 0.767. The maximum Gasteiger partial charge on any atom is 0.257 e. The van der Waals surface area contributed by atoms with Gasteiger partial charge in [0, 0.05) is 27.9 Å². The molecule has 2 N–H and O–H groups in total. The van der Waals surface area contributed by atoms with Crippen molar-refractivity contribution in [3.05, 3.63) is 58.6 Å². The number of carbonyl (C=O) groups is 1. The van der Waals surface area contributed by atoms with Crippen molar-refractivity contribution in [2.24, 2.45) is 0 Å². The van der Waals surface area contributed by atoms with Crippen LogP contribution in [0.25, 0.3) is 0 Å². The van der Waals surface area contributed by atoms with Crippen LogP contribution in [0, 0.1) is 6.92 Å². The molecule has 0 unspecified atom stereocenters. The van der Waals surface area contributed by atoms with Crippen molar-refractivity contribution < 1.29 is 9.53 Å². The van der Waals surface area contributed by atoms with Gasteiger partial charge in [-0.1, -0.05) is 43.6 Å². The van der Waals surface area contributed by atoms with Crippen molar-refractivity contribution in [1.29, 1.82) is 0 Å². The standard InChI is InChI=1S/C16H15ClN2O2S.C2H6/c1-10-13(17)8-12(9-14(10)21-2)18-16(22)19-15(20)11-6-4-3-5-7-11;1-2/h3-9H,1-2H3,(H2,18,19,20,22);1-2H3. The molecule has 0 atom stereocenters. The van der Waals surface area contributed by atoms with Gasteiger partial charge in [0.2, 0.25) is 0 Å². The molecule has 2 aromatic carbocycles. The Morgan fingerprint density at radius 2 is 1.79 bits per heavy atom. The highest BCUT2D eigenvalue weighted by molar-refractivity contribution is 7.80. The fraction of sp³-hybridized carbons (Fsp3) is 0.222. The number of hydrogen-bond donors (Lipinski definition) is 2. The number of hydrogen-bond acceptors (Lipinski definition) is 3. The number of ether oxygens (including phenoxy) is 1. The first-order chi connectivity index (χ1) is 11.5. The Balaban J connectivity index is 0.00000139. The SMILES string of the molecule is CC.COc1cc(NC(=S)NC(=O)c2ccccc2)cc(Cl)c1C. The molecule has 2 rings (SSSR count). The van der Waals surface area contributed by atoms with Crippen LogP contribution < -0.4 is 15.4 Å². The van der Waals surface area contributed by atoms with Gasteiger partial charge < -0.3 is 10.1 Å². The summed E-state index contributed by atoms with van der Waals surface area (Å²) in [4.78, 5) is 12.0. The summed E-state index contributed by atoms with van der Waals surface area (Å²) in [7, 11) is 1.57. The van der Waals surface area contributed by atoms with Gasteiger partial charge in [0.15, 0.2) is 5.11 Å². The molecule has 0 aromatic heterocycles. The van der Waals surface area contributed by atoms with E-state index in [0.717, 1.165) is 5.56 Å². The van der Waals surface area contributed by atoms with Crippen LogP contribution in [0.2, 0.25) is 5.02 Å². The van der Waals surface area contributed by atoms with Crippen molar-refractivity contribution in [1.82, 2.24) is 5.32 Å². The first kappa shape index (κ1) is 19.9. The van der Waals surface area contributed by atoms with Gasteiger partial charge in [-0.15, -0.1) is 0 Å². The van der Waals surface area contributed by atoms with Crippen molar-refractivity contribution in [2.45, 2.75) is 20.8 Å². The van der Waals surface area contributed by atoms with Crippen molar-refractivity contribution in [3.8, 4) is 5.75 Å². The summed E-state index contributed by atoms with van der Waals surface area (Å²) in [5, 5.41) is 6.28. The Hall–Kier alpha value is -2.11. The van der Waals surface area contributed by atoms with Crippen LogP contribution in [0.3, 0.4) is 0 Å². The minimum absolute atomic E-state index is 0.191. The van der Waals surface area contributed by atoms with Gasteiger partial charge in [0.1, 0.15) is 5.75 Å². The maximum absolute atomic E-state index is 12.0. The maximum atomic E-state index is 12.0. The molecule has 4 nitrogen and oxygen atoms in total. The zero-order valence-corrected chi connectivity index (χ0v) is 15.7. The summed E-state index contributed by atoms with van der Waals surface area (Å²) in [6.07, 6.45) is 0. The summed E-state index contributed by atoms with van der Waals surface area (Å²) < 4.78 is 5.24. The molecule has 128 valence electrons. The molecule has 0 spiro atoms. The van der Waals surface area contributed by atoms with Gasteiger partial charge in [-0.05, 0) is 37.3 Å². The molecule has 0 aliphatic carbocycles. The van der Waals surface area contributed by atoms with E-state index in [1.54, 1.807) is 43.5 Å². The third-order valence-corrected chi connectivity index (χ3v) is 3.63. The Labute approximate surface area is 153 Å². The first-order valence-electron chi connectivity index (χ1n) is 7.52. The fourth-order valence-corrected chi connectivity index (χ4v) is 2.29. The molecule has 1 amide bonds. The number of halogens is 1. The highest BCUT2D eigenvalue weighted by Crippen LogP contribution is 2.29. The fourth-order valence-electron chi connectivity index (χ4n) is 1.86. The van der Waals surface area contributed by atoms with Crippen LogP contribution >= 0.6 is 23.8 Å². The summed E-state index contributed by atoms with van der Waals surface area (Å²) in [6.45, 7) is 5.86. The molecule has 0 heterocycles. The van der Waals surface area contributed by atoms with Crippen LogP contribution in [0.1, 0.15) is 29.8 Å². The lowest BCUT2D eigenvalue weighted by molar-refractivity contribution is 0.0977. The topological polar surface area (TPSA) is 50.4 Å². The smallest absolute Gasteiger partial charge is 0.257 e.